The standard InChI is InChI=1S/C14H17ClO3/c1-8(2)12-9(6-14(16)3-4-14)10(15)5-11-13(12)18-7-17-11/h5,8,16H,3-4,6-7H2,1-2H3. The van der Waals surface area contributed by atoms with E-state index in [1.807, 2.05) is 0 Å². The van der Waals surface area contributed by atoms with Crippen LogP contribution in [0.1, 0.15) is 43.7 Å². The Morgan fingerprint density at radius 2 is 2.11 bits per heavy atom. The molecular weight excluding hydrogens is 252 g/mol. The Hall–Kier alpha value is -0.930. The van der Waals surface area contributed by atoms with Gasteiger partial charge in [-0.3, -0.25) is 0 Å². The molecule has 0 spiro atoms. The van der Waals surface area contributed by atoms with Gasteiger partial charge in [0.25, 0.3) is 0 Å². The molecule has 0 atom stereocenters. The fraction of sp³-hybridized carbons (Fsp3) is 0.571. The van der Waals surface area contributed by atoms with Gasteiger partial charge < -0.3 is 14.6 Å². The summed E-state index contributed by atoms with van der Waals surface area (Å²) in [6, 6.07) is 1.80. The van der Waals surface area contributed by atoms with Crippen LogP contribution in [0.15, 0.2) is 6.07 Å². The van der Waals surface area contributed by atoms with Crippen LogP contribution in [0, 0.1) is 0 Å². The average Bonchev–Trinajstić information content (AvgIpc) is 2.84. The Bertz CT molecular complexity index is 492. The van der Waals surface area contributed by atoms with E-state index in [-0.39, 0.29) is 12.7 Å². The number of aliphatic hydroxyl groups is 1. The molecule has 1 N–H and O–H groups in total. The zero-order valence-electron chi connectivity index (χ0n) is 10.6. The normalized spacial score (nSPS) is 19.4. The summed E-state index contributed by atoms with van der Waals surface area (Å²) in [6.07, 6.45) is 2.32. The van der Waals surface area contributed by atoms with Gasteiger partial charge in [-0.2, -0.15) is 0 Å². The minimum Gasteiger partial charge on any atom is -0.454 e. The van der Waals surface area contributed by atoms with Gasteiger partial charge in [0.1, 0.15) is 0 Å². The van der Waals surface area contributed by atoms with Gasteiger partial charge in [0.05, 0.1) is 5.60 Å². The van der Waals surface area contributed by atoms with Crippen LogP contribution in [0.2, 0.25) is 5.02 Å². The molecule has 1 fully saturated rings. The molecule has 1 heterocycles. The van der Waals surface area contributed by atoms with E-state index in [0.29, 0.717) is 11.4 Å². The first-order valence-corrected chi connectivity index (χ1v) is 6.71. The van der Waals surface area contributed by atoms with Crippen LogP contribution >= 0.6 is 11.6 Å². The summed E-state index contributed by atoms with van der Waals surface area (Å²) in [6.45, 7) is 4.46. The van der Waals surface area contributed by atoms with Gasteiger partial charge in [-0.15, -0.1) is 0 Å². The van der Waals surface area contributed by atoms with E-state index in [9.17, 15) is 5.11 Å². The molecule has 3 rings (SSSR count). The largest absolute Gasteiger partial charge is 0.454 e. The summed E-state index contributed by atoms with van der Waals surface area (Å²) in [5.41, 5.74) is 1.53. The smallest absolute Gasteiger partial charge is 0.231 e. The minimum absolute atomic E-state index is 0.249. The lowest BCUT2D eigenvalue weighted by Gasteiger charge is -2.19. The van der Waals surface area contributed by atoms with Gasteiger partial charge in [-0.05, 0) is 24.3 Å². The first-order chi connectivity index (χ1) is 8.50. The number of halogens is 1. The topological polar surface area (TPSA) is 38.7 Å². The number of hydrogen-bond acceptors (Lipinski definition) is 3. The molecule has 3 nitrogen and oxygen atoms in total. The predicted molar refractivity (Wildman–Crippen MR) is 69.6 cm³/mol. The van der Waals surface area contributed by atoms with Gasteiger partial charge >= 0.3 is 0 Å². The highest BCUT2D eigenvalue weighted by molar-refractivity contribution is 6.31. The van der Waals surface area contributed by atoms with Crippen molar-refractivity contribution in [2.24, 2.45) is 0 Å². The third-order valence-corrected chi connectivity index (χ3v) is 4.00. The minimum atomic E-state index is -0.555. The van der Waals surface area contributed by atoms with Crippen LogP contribution < -0.4 is 9.47 Å². The maximum Gasteiger partial charge on any atom is 0.231 e. The van der Waals surface area contributed by atoms with E-state index in [1.165, 1.54) is 0 Å². The summed E-state index contributed by atoms with van der Waals surface area (Å²) in [5, 5.41) is 10.8. The van der Waals surface area contributed by atoms with Crippen molar-refractivity contribution in [3.8, 4) is 11.5 Å². The molecule has 98 valence electrons. The zero-order valence-corrected chi connectivity index (χ0v) is 11.4. The van der Waals surface area contributed by atoms with E-state index in [0.717, 1.165) is 35.5 Å². The molecule has 1 saturated carbocycles. The SMILES string of the molecule is CC(C)c1c(CC2(O)CC2)c(Cl)cc2c1OCO2. The van der Waals surface area contributed by atoms with Gasteiger partial charge in [-0.25, -0.2) is 0 Å². The second kappa shape index (κ2) is 4.04. The molecule has 0 saturated heterocycles. The highest BCUT2D eigenvalue weighted by Crippen LogP contribution is 2.48. The second-order valence-electron chi connectivity index (χ2n) is 5.54. The van der Waals surface area contributed by atoms with Crippen molar-refractivity contribution >= 4 is 11.6 Å². The predicted octanol–water partition coefficient (Wildman–Crippen LogP) is 3.26. The first-order valence-electron chi connectivity index (χ1n) is 6.33. The number of benzene rings is 1. The maximum atomic E-state index is 10.1. The summed E-state index contributed by atoms with van der Waals surface area (Å²) in [7, 11) is 0. The van der Waals surface area contributed by atoms with E-state index >= 15 is 0 Å². The molecule has 4 heteroatoms. The molecule has 0 aromatic heterocycles. The van der Waals surface area contributed by atoms with Crippen molar-refractivity contribution in [3.05, 3.63) is 22.2 Å². The molecule has 2 aliphatic rings. The van der Waals surface area contributed by atoms with E-state index < -0.39 is 5.60 Å². The van der Waals surface area contributed by atoms with Crippen molar-refractivity contribution in [1.82, 2.24) is 0 Å². The molecule has 1 aromatic carbocycles. The molecule has 0 unspecified atom stereocenters. The van der Waals surface area contributed by atoms with Gasteiger partial charge in [0, 0.05) is 23.1 Å². The van der Waals surface area contributed by atoms with Crippen LogP contribution in [0.3, 0.4) is 0 Å². The quantitative estimate of drug-likeness (QED) is 0.914. The first kappa shape index (κ1) is 12.1. The summed E-state index contributed by atoms with van der Waals surface area (Å²) >= 11 is 6.34. The zero-order chi connectivity index (χ0) is 12.9. The molecule has 0 bridgehead atoms. The van der Waals surface area contributed by atoms with Crippen molar-refractivity contribution in [1.29, 1.82) is 0 Å². The van der Waals surface area contributed by atoms with Crippen molar-refractivity contribution in [2.75, 3.05) is 6.79 Å². The average molecular weight is 269 g/mol. The molecule has 1 aliphatic carbocycles. The lowest BCUT2D eigenvalue weighted by molar-refractivity contribution is 0.150. The third-order valence-electron chi connectivity index (χ3n) is 3.67. The molecule has 18 heavy (non-hydrogen) atoms. The van der Waals surface area contributed by atoms with E-state index in [2.05, 4.69) is 13.8 Å². The summed E-state index contributed by atoms with van der Waals surface area (Å²) in [5.74, 6) is 1.81. The van der Waals surface area contributed by atoms with E-state index in [1.54, 1.807) is 6.07 Å². The highest BCUT2D eigenvalue weighted by Gasteiger charge is 2.42. The van der Waals surface area contributed by atoms with Crippen LogP contribution in [0.5, 0.6) is 11.5 Å². The number of ether oxygens (including phenoxy) is 2. The Labute approximate surface area is 112 Å². The maximum absolute atomic E-state index is 10.1. The monoisotopic (exact) mass is 268 g/mol. The molecular formula is C14H17ClO3. The number of rotatable bonds is 3. The Morgan fingerprint density at radius 3 is 2.72 bits per heavy atom. The van der Waals surface area contributed by atoms with Crippen LogP contribution in [0.4, 0.5) is 0 Å². The lowest BCUT2D eigenvalue weighted by Crippen LogP contribution is -2.13. The molecule has 1 aromatic rings. The Balaban J connectivity index is 2.10. The van der Waals surface area contributed by atoms with Crippen LogP contribution in [0.25, 0.3) is 0 Å². The number of fused-ring (bicyclic) bond motifs is 1. The van der Waals surface area contributed by atoms with Crippen molar-refractivity contribution in [2.45, 2.75) is 44.6 Å². The van der Waals surface area contributed by atoms with Crippen LogP contribution in [-0.4, -0.2) is 17.5 Å². The summed E-state index contributed by atoms with van der Waals surface area (Å²) < 4.78 is 11.0. The third kappa shape index (κ3) is 1.95. The van der Waals surface area contributed by atoms with Gasteiger partial charge in [-0.1, -0.05) is 25.4 Å². The molecule has 1 aliphatic heterocycles. The van der Waals surface area contributed by atoms with Crippen molar-refractivity contribution in [3.63, 3.8) is 0 Å². The molecule has 0 radical (unpaired) electrons. The van der Waals surface area contributed by atoms with Crippen LogP contribution in [-0.2, 0) is 6.42 Å². The van der Waals surface area contributed by atoms with Crippen molar-refractivity contribution < 1.29 is 14.6 Å². The highest BCUT2D eigenvalue weighted by atomic mass is 35.5. The molecule has 0 amide bonds. The fourth-order valence-corrected chi connectivity index (χ4v) is 2.78. The second-order valence-corrected chi connectivity index (χ2v) is 5.95. The van der Waals surface area contributed by atoms with Gasteiger partial charge in [0.15, 0.2) is 11.5 Å². The number of hydrogen-bond donors (Lipinski definition) is 1. The Morgan fingerprint density at radius 1 is 1.39 bits per heavy atom. The Kier molecular flexibility index (Phi) is 2.72. The summed E-state index contributed by atoms with van der Waals surface area (Å²) in [4.78, 5) is 0. The van der Waals surface area contributed by atoms with E-state index in [4.69, 9.17) is 21.1 Å². The van der Waals surface area contributed by atoms with Gasteiger partial charge in [0.2, 0.25) is 6.79 Å². The fourth-order valence-electron chi connectivity index (χ4n) is 2.51. The lowest BCUT2D eigenvalue weighted by atomic mass is 9.91.